The third-order valence-corrected chi connectivity index (χ3v) is 5.28. The first-order valence-corrected chi connectivity index (χ1v) is 8.90. The number of hydrogen-bond donors (Lipinski definition) is 1. The van der Waals surface area contributed by atoms with Crippen molar-refractivity contribution >= 4 is 11.8 Å². The van der Waals surface area contributed by atoms with Gasteiger partial charge in [-0.3, -0.25) is 14.6 Å². The topological polar surface area (TPSA) is 80.8 Å². The second-order valence-corrected chi connectivity index (χ2v) is 6.96. The lowest BCUT2D eigenvalue weighted by Crippen LogP contribution is -2.48. The molecule has 7 nitrogen and oxygen atoms in total. The highest BCUT2D eigenvalue weighted by Gasteiger charge is 2.51. The molecule has 1 aliphatic carbocycles. The summed E-state index contributed by atoms with van der Waals surface area (Å²) in [5.74, 6) is -0.791. The van der Waals surface area contributed by atoms with Crippen LogP contribution < -0.4 is 5.32 Å². The van der Waals surface area contributed by atoms with Gasteiger partial charge in [0.2, 0.25) is 11.8 Å². The van der Waals surface area contributed by atoms with E-state index in [9.17, 15) is 9.59 Å². The quantitative estimate of drug-likeness (QED) is 0.869. The molecular formula is C18H23N3O4. The largest absolute Gasteiger partial charge is 0.352 e. The number of pyridine rings is 1. The van der Waals surface area contributed by atoms with Crippen molar-refractivity contribution in [1.82, 2.24) is 15.2 Å². The molecule has 25 heavy (non-hydrogen) atoms. The van der Waals surface area contributed by atoms with Gasteiger partial charge in [0.1, 0.15) is 0 Å². The van der Waals surface area contributed by atoms with Crippen LogP contribution in [0.4, 0.5) is 0 Å². The fraction of sp³-hybridized carbons (Fsp3) is 0.611. The van der Waals surface area contributed by atoms with Crippen LogP contribution in [0.1, 0.15) is 24.8 Å². The number of piperidine rings is 1. The zero-order chi connectivity index (χ0) is 17.3. The van der Waals surface area contributed by atoms with Crippen molar-refractivity contribution in [3.05, 3.63) is 30.1 Å². The first-order chi connectivity index (χ1) is 12.2. The molecule has 1 N–H and O–H groups in total. The number of likely N-dealkylation sites (tertiary alicyclic amines) is 1. The van der Waals surface area contributed by atoms with Crippen molar-refractivity contribution in [2.75, 3.05) is 26.3 Å². The van der Waals surface area contributed by atoms with E-state index in [2.05, 4.69) is 10.3 Å². The van der Waals surface area contributed by atoms with E-state index in [1.54, 1.807) is 12.4 Å². The molecule has 3 fully saturated rings. The number of aromatic nitrogens is 1. The number of hydrogen-bond acceptors (Lipinski definition) is 5. The molecule has 4 rings (SSSR count). The van der Waals surface area contributed by atoms with Crippen molar-refractivity contribution in [3.63, 3.8) is 0 Å². The van der Waals surface area contributed by atoms with Gasteiger partial charge in [-0.05, 0) is 18.1 Å². The fourth-order valence-corrected chi connectivity index (χ4v) is 3.67. The second-order valence-electron chi connectivity index (χ2n) is 6.96. The van der Waals surface area contributed by atoms with Gasteiger partial charge in [0.05, 0.1) is 25.0 Å². The Hall–Kier alpha value is -1.99. The van der Waals surface area contributed by atoms with Crippen molar-refractivity contribution in [2.45, 2.75) is 31.6 Å². The maximum absolute atomic E-state index is 12.6. The molecule has 3 aliphatic rings. The lowest BCUT2D eigenvalue weighted by molar-refractivity contribution is -0.187. The molecule has 1 aromatic heterocycles. The van der Waals surface area contributed by atoms with Gasteiger partial charge in [-0.15, -0.1) is 0 Å². The summed E-state index contributed by atoms with van der Waals surface area (Å²) in [6.07, 6.45) is 5.50. The van der Waals surface area contributed by atoms with Gasteiger partial charge in [0.15, 0.2) is 5.79 Å². The molecule has 0 bridgehead atoms. The average molecular weight is 345 g/mol. The molecule has 134 valence electrons. The monoisotopic (exact) mass is 345 g/mol. The SMILES string of the molecule is O=C(NCc1cccnc1)C1CC1C(=O)N1CCC2(CC1)OCCO2. The highest BCUT2D eigenvalue weighted by Crippen LogP contribution is 2.41. The zero-order valence-electron chi connectivity index (χ0n) is 14.1. The molecule has 2 atom stereocenters. The van der Waals surface area contributed by atoms with E-state index in [0.717, 1.165) is 5.56 Å². The van der Waals surface area contributed by atoms with Gasteiger partial charge in [0, 0.05) is 44.9 Å². The number of carbonyl (C=O) groups excluding carboxylic acids is 2. The number of nitrogens with one attached hydrogen (secondary N) is 1. The van der Waals surface area contributed by atoms with E-state index in [1.807, 2.05) is 17.0 Å². The molecule has 1 saturated carbocycles. The summed E-state index contributed by atoms with van der Waals surface area (Å²) in [6, 6.07) is 3.76. The Bertz CT molecular complexity index is 635. The van der Waals surface area contributed by atoms with E-state index < -0.39 is 5.79 Å². The van der Waals surface area contributed by atoms with Crippen molar-refractivity contribution in [1.29, 1.82) is 0 Å². The van der Waals surface area contributed by atoms with Gasteiger partial charge < -0.3 is 19.7 Å². The third-order valence-electron chi connectivity index (χ3n) is 5.28. The predicted molar refractivity (Wildman–Crippen MR) is 88.1 cm³/mol. The summed E-state index contributed by atoms with van der Waals surface area (Å²) in [5.41, 5.74) is 0.956. The van der Waals surface area contributed by atoms with Crippen LogP contribution in [0.15, 0.2) is 24.5 Å². The lowest BCUT2D eigenvalue weighted by Gasteiger charge is -2.37. The van der Waals surface area contributed by atoms with Gasteiger partial charge in [-0.25, -0.2) is 0 Å². The summed E-state index contributed by atoms with van der Waals surface area (Å²) >= 11 is 0. The first kappa shape index (κ1) is 16.5. The van der Waals surface area contributed by atoms with Crippen LogP contribution in [-0.4, -0.2) is 53.8 Å². The Morgan fingerprint density at radius 1 is 1.24 bits per heavy atom. The summed E-state index contributed by atoms with van der Waals surface area (Å²) in [5, 5.41) is 2.90. The molecule has 2 amide bonds. The summed E-state index contributed by atoms with van der Waals surface area (Å²) in [6.45, 7) is 3.00. The van der Waals surface area contributed by atoms with Crippen molar-refractivity contribution in [2.24, 2.45) is 11.8 Å². The van der Waals surface area contributed by atoms with E-state index >= 15 is 0 Å². The van der Waals surface area contributed by atoms with Gasteiger partial charge in [0.25, 0.3) is 0 Å². The Balaban J connectivity index is 1.24. The number of carbonyl (C=O) groups is 2. The van der Waals surface area contributed by atoms with Crippen LogP contribution in [0.2, 0.25) is 0 Å². The van der Waals surface area contributed by atoms with Crippen molar-refractivity contribution in [3.8, 4) is 0 Å². The Morgan fingerprint density at radius 3 is 2.68 bits per heavy atom. The van der Waals surface area contributed by atoms with E-state index in [0.29, 0.717) is 52.1 Å². The minimum Gasteiger partial charge on any atom is -0.352 e. The summed E-state index contributed by atoms with van der Waals surface area (Å²) < 4.78 is 11.4. The van der Waals surface area contributed by atoms with Crippen LogP contribution in [0.3, 0.4) is 0 Å². The minimum atomic E-state index is -0.471. The van der Waals surface area contributed by atoms with Crippen LogP contribution in [0.25, 0.3) is 0 Å². The smallest absolute Gasteiger partial charge is 0.226 e. The highest BCUT2D eigenvalue weighted by atomic mass is 16.7. The molecule has 3 heterocycles. The van der Waals surface area contributed by atoms with Crippen LogP contribution >= 0.6 is 0 Å². The van der Waals surface area contributed by atoms with Crippen LogP contribution in [-0.2, 0) is 25.6 Å². The maximum atomic E-state index is 12.6. The van der Waals surface area contributed by atoms with Crippen molar-refractivity contribution < 1.29 is 19.1 Å². The zero-order valence-corrected chi connectivity index (χ0v) is 14.1. The predicted octanol–water partition coefficient (Wildman–Crippen LogP) is 0.699. The molecule has 7 heteroatoms. The molecule has 1 aromatic rings. The van der Waals surface area contributed by atoms with E-state index in [-0.39, 0.29) is 23.7 Å². The fourth-order valence-electron chi connectivity index (χ4n) is 3.67. The molecule has 2 aliphatic heterocycles. The van der Waals surface area contributed by atoms with Gasteiger partial charge >= 0.3 is 0 Å². The normalized spacial score (nSPS) is 27.3. The third kappa shape index (κ3) is 3.52. The first-order valence-electron chi connectivity index (χ1n) is 8.90. The lowest BCUT2D eigenvalue weighted by atomic mass is 10.0. The molecular weight excluding hydrogens is 322 g/mol. The number of amides is 2. The Morgan fingerprint density at radius 2 is 2.00 bits per heavy atom. The van der Waals surface area contributed by atoms with Gasteiger partial charge in [-0.2, -0.15) is 0 Å². The molecule has 2 unspecified atom stereocenters. The maximum Gasteiger partial charge on any atom is 0.226 e. The summed E-state index contributed by atoms with van der Waals surface area (Å²) in [7, 11) is 0. The highest BCUT2D eigenvalue weighted by molar-refractivity contribution is 5.92. The standard InChI is InChI=1S/C18H23N3O4/c22-16(20-12-13-2-1-5-19-11-13)14-10-15(14)17(23)21-6-3-18(4-7-21)24-8-9-25-18/h1-2,5,11,14-15H,3-4,6-10,12H2,(H,20,22). The average Bonchev–Trinajstić information content (AvgIpc) is 3.34. The molecule has 0 aromatic carbocycles. The molecule has 0 radical (unpaired) electrons. The number of rotatable bonds is 4. The molecule has 1 spiro atoms. The van der Waals surface area contributed by atoms with E-state index in [1.165, 1.54) is 0 Å². The van der Waals surface area contributed by atoms with Crippen LogP contribution in [0, 0.1) is 11.8 Å². The Labute approximate surface area is 146 Å². The van der Waals surface area contributed by atoms with Crippen LogP contribution in [0.5, 0.6) is 0 Å². The minimum absolute atomic E-state index is 0.0434. The number of nitrogens with zero attached hydrogens (tertiary/aromatic N) is 2. The second kappa shape index (κ2) is 6.72. The summed E-state index contributed by atoms with van der Waals surface area (Å²) in [4.78, 5) is 30.7. The van der Waals surface area contributed by atoms with E-state index in [4.69, 9.17) is 9.47 Å². The number of ether oxygens (including phenoxy) is 2. The molecule has 2 saturated heterocycles. The Kier molecular flexibility index (Phi) is 4.43. The van der Waals surface area contributed by atoms with Gasteiger partial charge in [-0.1, -0.05) is 6.07 Å².